The maximum Gasteiger partial charge on any atom is 0.259 e. The van der Waals surface area contributed by atoms with Crippen LogP contribution in [0.2, 0.25) is 5.15 Å². The van der Waals surface area contributed by atoms with Gasteiger partial charge in [0, 0.05) is 19.0 Å². The molecule has 0 aromatic carbocycles. The van der Waals surface area contributed by atoms with Gasteiger partial charge in [0.1, 0.15) is 11.0 Å². The van der Waals surface area contributed by atoms with E-state index < -0.39 is 11.6 Å². The average Bonchev–Trinajstić information content (AvgIpc) is 2.61. The van der Waals surface area contributed by atoms with Gasteiger partial charge in [-0.3, -0.25) is 9.78 Å². The Morgan fingerprint density at radius 2 is 2.33 bits per heavy atom. The number of likely N-dealkylation sites (tertiary alicyclic amines) is 1. The second kappa shape index (κ2) is 4.80. The molecule has 0 spiro atoms. The van der Waals surface area contributed by atoms with E-state index in [1.54, 1.807) is 11.1 Å². The first-order chi connectivity index (χ1) is 9.80. The predicted molar refractivity (Wildman–Crippen MR) is 77.9 cm³/mol. The van der Waals surface area contributed by atoms with Crippen molar-refractivity contribution in [2.75, 3.05) is 18.4 Å². The first kappa shape index (κ1) is 14.5. The summed E-state index contributed by atoms with van der Waals surface area (Å²) in [5.41, 5.74) is -2.05. The summed E-state index contributed by atoms with van der Waals surface area (Å²) in [4.78, 5) is 21.9. The van der Waals surface area contributed by atoms with Crippen LogP contribution in [0.3, 0.4) is 0 Å². The number of amides is 1. The Morgan fingerprint density at radius 1 is 1.57 bits per heavy atom. The number of aromatic nitrogens is 2. The molecule has 1 aromatic rings. The van der Waals surface area contributed by atoms with Crippen LogP contribution in [0.5, 0.6) is 0 Å². The van der Waals surface area contributed by atoms with Crippen LogP contribution in [0, 0.1) is 5.92 Å². The number of alkyl halides is 1. The smallest absolute Gasteiger partial charge is 0.259 e. The summed E-state index contributed by atoms with van der Waals surface area (Å²) in [6.45, 7) is 3.70. The minimum absolute atomic E-state index is 0.222. The van der Waals surface area contributed by atoms with Gasteiger partial charge in [-0.2, -0.15) is 0 Å². The molecule has 2 aliphatic rings. The van der Waals surface area contributed by atoms with Crippen molar-refractivity contribution >= 4 is 23.3 Å². The molecule has 2 fully saturated rings. The summed E-state index contributed by atoms with van der Waals surface area (Å²) in [5, 5.41) is 3.68. The molecule has 2 unspecified atom stereocenters. The summed E-state index contributed by atoms with van der Waals surface area (Å²) >= 11 is 5.84. The van der Waals surface area contributed by atoms with Crippen LogP contribution in [0.4, 0.5) is 10.2 Å². The zero-order valence-electron chi connectivity index (χ0n) is 12.1. The summed E-state index contributed by atoms with van der Waals surface area (Å²) in [5.74, 6) is 0.473. The Labute approximate surface area is 127 Å². The normalized spacial score (nSPS) is 28.0. The molecule has 1 amide bonds. The first-order valence-corrected chi connectivity index (χ1v) is 7.42. The summed E-state index contributed by atoms with van der Waals surface area (Å²) in [7, 11) is 0. The van der Waals surface area contributed by atoms with Crippen molar-refractivity contribution in [1.82, 2.24) is 14.9 Å². The Balaban J connectivity index is 1.76. The molecule has 3 rings (SSSR count). The number of carbonyl (C=O) groups is 1. The molecule has 114 valence electrons. The molecule has 1 aliphatic carbocycles. The lowest BCUT2D eigenvalue weighted by Gasteiger charge is -2.44. The van der Waals surface area contributed by atoms with Gasteiger partial charge in [-0.25, -0.2) is 9.37 Å². The molecule has 2 atom stereocenters. The van der Waals surface area contributed by atoms with Gasteiger partial charge in [-0.05, 0) is 26.7 Å². The lowest BCUT2D eigenvalue weighted by atomic mass is 9.69. The van der Waals surface area contributed by atoms with Gasteiger partial charge in [-0.1, -0.05) is 11.6 Å². The molecular weight excluding hydrogens is 295 g/mol. The highest BCUT2D eigenvalue weighted by molar-refractivity contribution is 6.29. The monoisotopic (exact) mass is 312 g/mol. The number of hydrogen-bond acceptors (Lipinski definition) is 4. The van der Waals surface area contributed by atoms with Crippen LogP contribution in [0.1, 0.15) is 26.7 Å². The van der Waals surface area contributed by atoms with Crippen LogP contribution in [-0.4, -0.2) is 45.1 Å². The third-order valence-corrected chi connectivity index (χ3v) is 4.59. The number of nitrogens with one attached hydrogen (secondary N) is 1. The standard InChI is InChI=1S/C14H18ClFN4O/c1-13(2,16)12(21)20-7-9-3-4-14(9,8-20)19-11-6-17-5-10(15)18-11/h5-6,9H,3-4,7-8H2,1-2H3,(H,18,19). The Morgan fingerprint density at radius 3 is 2.90 bits per heavy atom. The van der Waals surface area contributed by atoms with E-state index in [0.29, 0.717) is 30.0 Å². The second-order valence-corrected chi connectivity index (χ2v) is 6.79. The molecule has 21 heavy (non-hydrogen) atoms. The molecule has 1 N–H and O–H groups in total. The predicted octanol–water partition coefficient (Wildman–Crippen LogP) is 2.28. The molecule has 5 nitrogen and oxygen atoms in total. The second-order valence-electron chi connectivity index (χ2n) is 6.40. The van der Waals surface area contributed by atoms with Gasteiger partial charge in [-0.15, -0.1) is 0 Å². The number of carbonyl (C=O) groups excluding carboxylic acids is 1. The van der Waals surface area contributed by atoms with Gasteiger partial charge < -0.3 is 10.2 Å². The molecular formula is C14H18ClFN4O. The minimum Gasteiger partial charge on any atom is -0.361 e. The molecule has 0 radical (unpaired) electrons. The number of hydrogen-bond donors (Lipinski definition) is 1. The Kier molecular flexibility index (Phi) is 3.31. The van der Waals surface area contributed by atoms with Crippen molar-refractivity contribution in [2.45, 2.75) is 37.9 Å². The van der Waals surface area contributed by atoms with Gasteiger partial charge >= 0.3 is 0 Å². The Hall–Kier alpha value is -1.43. The van der Waals surface area contributed by atoms with E-state index in [-0.39, 0.29) is 5.54 Å². The highest BCUT2D eigenvalue weighted by Gasteiger charge is 2.55. The van der Waals surface area contributed by atoms with E-state index in [2.05, 4.69) is 15.3 Å². The molecule has 1 aromatic heterocycles. The molecule has 1 saturated carbocycles. The van der Waals surface area contributed by atoms with Gasteiger partial charge in [0.2, 0.25) is 0 Å². The Bertz CT molecular complexity index is 576. The van der Waals surface area contributed by atoms with E-state index in [0.717, 1.165) is 12.8 Å². The van der Waals surface area contributed by atoms with E-state index in [4.69, 9.17) is 11.6 Å². The number of rotatable bonds is 3. The fourth-order valence-corrected chi connectivity index (χ4v) is 3.38. The highest BCUT2D eigenvalue weighted by atomic mass is 35.5. The van der Waals surface area contributed by atoms with Gasteiger partial charge in [0.25, 0.3) is 5.91 Å². The van der Waals surface area contributed by atoms with Crippen LogP contribution >= 0.6 is 11.6 Å². The van der Waals surface area contributed by atoms with Crippen molar-refractivity contribution in [3.8, 4) is 0 Å². The van der Waals surface area contributed by atoms with Crippen LogP contribution in [0.25, 0.3) is 0 Å². The summed E-state index contributed by atoms with van der Waals surface area (Å²) < 4.78 is 13.9. The van der Waals surface area contributed by atoms with E-state index in [9.17, 15) is 9.18 Å². The fourth-order valence-electron chi connectivity index (χ4n) is 3.23. The molecule has 1 saturated heterocycles. The molecule has 7 heteroatoms. The number of halogens is 2. The zero-order chi connectivity index (χ0) is 15.3. The number of fused-ring (bicyclic) bond motifs is 1. The van der Waals surface area contributed by atoms with Crippen molar-refractivity contribution in [2.24, 2.45) is 5.92 Å². The zero-order valence-corrected chi connectivity index (χ0v) is 12.8. The fraction of sp³-hybridized carbons (Fsp3) is 0.643. The summed E-state index contributed by atoms with van der Waals surface area (Å²) in [6.07, 6.45) is 5.04. The van der Waals surface area contributed by atoms with Crippen molar-refractivity contribution in [3.05, 3.63) is 17.5 Å². The quantitative estimate of drug-likeness (QED) is 0.930. The summed E-state index contributed by atoms with van der Waals surface area (Å²) in [6, 6.07) is 0. The van der Waals surface area contributed by atoms with Crippen molar-refractivity contribution < 1.29 is 9.18 Å². The van der Waals surface area contributed by atoms with E-state index in [1.165, 1.54) is 20.0 Å². The van der Waals surface area contributed by atoms with Crippen LogP contribution < -0.4 is 5.32 Å². The van der Waals surface area contributed by atoms with Crippen LogP contribution in [0.15, 0.2) is 12.4 Å². The highest BCUT2D eigenvalue weighted by Crippen LogP contribution is 2.47. The molecule has 1 aliphatic heterocycles. The SMILES string of the molecule is CC(C)(F)C(=O)N1CC2CCC2(Nc2cncc(Cl)n2)C1. The topological polar surface area (TPSA) is 58.1 Å². The van der Waals surface area contributed by atoms with E-state index in [1.807, 2.05) is 0 Å². The van der Waals surface area contributed by atoms with Crippen LogP contribution in [-0.2, 0) is 4.79 Å². The number of nitrogens with zero attached hydrogens (tertiary/aromatic N) is 3. The maximum absolute atomic E-state index is 13.9. The maximum atomic E-state index is 13.9. The minimum atomic E-state index is -1.83. The lowest BCUT2D eigenvalue weighted by molar-refractivity contribution is -0.140. The largest absolute Gasteiger partial charge is 0.361 e. The molecule has 2 heterocycles. The first-order valence-electron chi connectivity index (χ1n) is 7.04. The molecule has 0 bridgehead atoms. The lowest BCUT2D eigenvalue weighted by Crippen LogP contribution is -2.54. The van der Waals surface area contributed by atoms with Crippen molar-refractivity contribution in [1.29, 1.82) is 0 Å². The van der Waals surface area contributed by atoms with Gasteiger partial charge in [0.05, 0.1) is 17.9 Å². The number of anilines is 1. The van der Waals surface area contributed by atoms with Gasteiger partial charge in [0.15, 0.2) is 5.67 Å². The third kappa shape index (κ3) is 2.57. The average molecular weight is 313 g/mol. The van der Waals surface area contributed by atoms with E-state index >= 15 is 0 Å². The van der Waals surface area contributed by atoms with Crippen molar-refractivity contribution in [3.63, 3.8) is 0 Å². The third-order valence-electron chi connectivity index (χ3n) is 4.41.